The maximum atomic E-state index is 12.0. The summed E-state index contributed by atoms with van der Waals surface area (Å²) in [5.41, 5.74) is 8.01. The van der Waals surface area contributed by atoms with E-state index in [1.807, 2.05) is 18.2 Å². The Labute approximate surface area is 163 Å². The second-order valence-electron chi connectivity index (χ2n) is 7.40. The van der Waals surface area contributed by atoms with Crippen LogP contribution in [0.2, 0.25) is 0 Å². The fraction of sp³-hybridized carbons (Fsp3) is 0.381. The molecule has 0 radical (unpaired) electrons. The van der Waals surface area contributed by atoms with E-state index in [-0.39, 0.29) is 11.7 Å². The molecule has 1 amide bonds. The maximum Gasteiger partial charge on any atom is 0.248 e. The average Bonchev–Trinajstić information content (AvgIpc) is 2.69. The molecule has 5 nitrogen and oxygen atoms in total. The topological polar surface area (TPSA) is 76.3 Å². The first kappa shape index (κ1) is 18.2. The number of Topliss-reactive ketones (excluding diaryl/α,β-unsaturated/α-hetero) is 1. The van der Waals surface area contributed by atoms with Crippen LogP contribution in [0.4, 0.5) is 0 Å². The van der Waals surface area contributed by atoms with Crippen LogP contribution in [0.15, 0.2) is 46.5 Å². The Balaban J connectivity index is 1.66. The molecule has 1 atom stereocenters. The second kappa shape index (κ2) is 7.44. The number of pyridine rings is 1. The Morgan fingerprint density at radius 2 is 1.96 bits per heavy atom. The van der Waals surface area contributed by atoms with Crippen molar-refractivity contribution in [3.63, 3.8) is 0 Å². The summed E-state index contributed by atoms with van der Waals surface area (Å²) in [4.78, 5) is 31.5. The highest BCUT2D eigenvalue weighted by atomic mass is 32.2. The normalized spacial score (nSPS) is 24.0. The zero-order valence-corrected chi connectivity index (χ0v) is 16.2. The molecule has 1 unspecified atom stereocenters. The first-order valence-corrected chi connectivity index (χ1v) is 10.1. The molecule has 0 spiro atoms. The van der Waals surface area contributed by atoms with Gasteiger partial charge in [-0.2, -0.15) is 0 Å². The summed E-state index contributed by atoms with van der Waals surface area (Å²) in [6, 6.07) is 9.38. The van der Waals surface area contributed by atoms with Crippen molar-refractivity contribution in [1.82, 2.24) is 9.88 Å². The number of rotatable bonds is 5. The molecule has 2 aromatic rings. The van der Waals surface area contributed by atoms with Crippen molar-refractivity contribution in [3.05, 3.63) is 53.2 Å². The van der Waals surface area contributed by atoms with E-state index in [1.54, 1.807) is 19.2 Å². The molecule has 1 aromatic carbocycles. The molecule has 3 aliphatic heterocycles. The minimum absolute atomic E-state index is 0.0243. The van der Waals surface area contributed by atoms with Gasteiger partial charge >= 0.3 is 0 Å². The molecule has 3 fully saturated rings. The third-order valence-electron chi connectivity index (χ3n) is 5.71. The number of piperidine rings is 3. The van der Waals surface area contributed by atoms with Crippen LogP contribution in [0.5, 0.6) is 0 Å². The molecular formula is C21H23N3O2S. The number of ketones is 1. The molecule has 0 aliphatic carbocycles. The van der Waals surface area contributed by atoms with E-state index in [1.165, 1.54) is 24.6 Å². The molecule has 2 N–H and O–H groups in total. The number of nitrogens with zero attached hydrogens (tertiary/aromatic N) is 2. The quantitative estimate of drug-likeness (QED) is 0.804. The number of hydrogen-bond acceptors (Lipinski definition) is 5. The lowest BCUT2D eigenvalue weighted by molar-refractivity contribution is 0.0855. The molecule has 1 aromatic heterocycles. The van der Waals surface area contributed by atoms with E-state index < -0.39 is 0 Å². The SMILES string of the molecule is CC(=O)c1ccnc(Sc2ccc(C(N)=O)c(C3CN4CCC3CC4)c2)c1. The second-order valence-corrected chi connectivity index (χ2v) is 8.49. The summed E-state index contributed by atoms with van der Waals surface area (Å²) in [6.45, 7) is 4.86. The third-order valence-corrected chi connectivity index (χ3v) is 6.63. The van der Waals surface area contributed by atoms with Crippen LogP contribution in [-0.4, -0.2) is 41.2 Å². The van der Waals surface area contributed by atoms with Crippen molar-refractivity contribution in [3.8, 4) is 0 Å². The molecule has 4 heterocycles. The standard InChI is InChI=1S/C21H23N3O2S/c1-13(25)15-4-7-23-20(10-15)27-16-2-3-17(21(22)26)18(11-16)19-12-24-8-5-14(19)6-9-24/h2-4,7,10-11,14,19H,5-6,8-9,12H2,1H3,(H2,22,26). The van der Waals surface area contributed by atoms with Crippen LogP contribution in [-0.2, 0) is 0 Å². The summed E-state index contributed by atoms with van der Waals surface area (Å²) in [6.07, 6.45) is 4.02. The van der Waals surface area contributed by atoms with Crippen LogP contribution in [0.25, 0.3) is 0 Å². The van der Waals surface area contributed by atoms with E-state index >= 15 is 0 Å². The molecule has 3 aliphatic rings. The highest BCUT2D eigenvalue weighted by Gasteiger charge is 2.36. The fourth-order valence-corrected chi connectivity index (χ4v) is 5.12. The van der Waals surface area contributed by atoms with Gasteiger partial charge in [0, 0.05) is 34.7 Å². The number of amides is 1. The lowest BCUT2D eigenvalue weighted by atomic mass is 9.74. The summed E-state index contributed by atoms with van der Waals surface area (Å²) in [7, 11) is 0. The predicted octanol–water partition coefficient (Wildman–Crippen LogP) is 3.34. The van der Waals surface area contributed by atoms with Gasteiger partial charge in [0.05, 0.1) is 0 Å². The van der Waals surface area contributed by atoms with Crippen molar-refractivity contribution in [2.24, 2.45) is 11.7 Å². The fourth-order valence-electron chi connectivity index (χ4n) is 4.26. The van der Waals surface area contributed by atoms with Gasteiger partial charge in [0.25, 0.3) is 0 Å². The molecule has 5 rings (SSSR count). The van der Waals surface area contributed by atoms with Crippen LogP contribution < -0.4 is 5.73 Å². The summed E-state index contributed by atoms with van der Waals surface area (Å²) < 4.78 is 0. The Morgan fingerprint density at radius 1 is 1.19 bits per heavy atom. The van der Waals surface area contributed by atoms with Crippen LogP contribution in [0, 0.1) is 5.92 Å². The number of nitrogens with two attached hydrogens (primary N) is 1. The Morgan fingerprint density at radius 3 is 2.59 bits per heavy atom. The van der Waals surface area contributed by atoms with Gasteiger partial charge in [-0.25, -0.2) is 4.98 Å². The van der Waals surface area contributed by atoms with E-state index in [0.29, 0.717) is 23.0 Å². The van der Waals surface area contributed by atoms with Crippen molar-refractivity contribution < 1.29 is 9.59 Å². The minimum Gasteiger partial charge on any atom is -0.366 e. The van der Waals surface area contributed by atoms with Gasteiger partial charge in [-0.1, -0.05) is 11.8 Å². The number of hydrogen-bond donors (Lipinski definition) is 1. The molecule has 3 saturated heterocycles. The Bertz CT molecular complexity index is 891. The molecule has 2 bridgehead atoms. The molecule has 6 heteroatoms. The number of primary amides is 1. The zero-order valence-electron chi connectivity index (χ0n) is 15.4. The van der Waals surface area contributed by atoms with Gasteiger partial charge < -0.3 is 10.6 Å². The lowest BCUT2D eigenvalue weighted by Crippen LogP contribution is -2.46. The average molecular weight is 382 g/mol. The summed E-state index contributed by atoms with van der Waals surface area (Å²) in [5, 5.41) is 0.773. The first-order valence-electron chi connectivity index (χ1n) is 9.32. The van der Waals surface area contributed by atoms with Crippen LogP contribution >= 0.6 is 11.8 Å². The van der Waals surface area contributed by atoms with Crippen molar-refractivity contribution in [1.29, 1.82) is 0 Å². The lowest BCUT2D eigenvalue weighted by Gasteiger charge is -2.45. The minimum atomic E-state index is -0.366. The van der Waals surface area contributed by atoms with Crippen molar-refractivity contribution in [2.45, 2.75) is 35.6 Å². The van der Waals surface area contributed by atoms with Crippen LogP contribution in [0.1, 0.15) is 52.0 Å². The zero-order chi connectivity index (χ0) is 19.0. The molecule has 27 heavy (non-hydrogen) atoms. The number of carbonyl (C=O) groups is 2. The van der Waals surface area contributed by atoms with Gasteiger partial charge in [0.2, 0.25) is 5.91 Å². The van der Waals surface area contributed by atoms with E-state index in [2.05, 4.69) is 16.0 Å². The first-order chi connectivity index (χ1) is 13.0. The van der Waals surface area contributed by atoms with E-state index in [4.69, 9.17) is 5.73 Å². The van der Waals surface area contributed by atoms with Gasteiger partial charge in [0.15, 0.2) is 5.78 Å². The summed E-state index contributed by atoms with van der Waals surface area (Å²) >= 11 is 1.51. The van der Waals surface area contributed by atoms with Gasteiger partial charge in [-0.05, 0) is 74.7 Å². The smallest absolute Gasteiger partial charge is 0.248 e. The van der Waals surface area contributed by atoms with Crippen molar-refractivity contribution >= 4 is 23.5 Å². The van der Waals surface area contributed by atoms with Gasteiger partial charge in [-0.15, -0.1) is 0 Å². The van der Waals surface area contributed by atoms with Gasteiger partial charge in [0.1, 0.15) is 5.03 Å². The molecule has 140 valence electrons. The molecule has 0 saturated carbocycles. The van der Waals surface area contributed by atoms with Gasteiger partial charge in [-0.3, -0.25) is 9.59 Å². The number of benzene rings is 1. The molecular weight excluding hydrogens is 358 g/mol. The maximum absolute atomic E-state index is 12.0. The highest BCUT2D eigenvalue weighted by molar-refractivity contribution is 7.99. The number of carbonyl (C=O) groups excluding carboxylic acids is 2. The van der Waals surface area contributed by atoms with Crippen molar-refractivity contribution in [2.75, 3.05) is 19.6 Å². The predicted molar refractivity (Wildman–Crippen MR) is 105 cm³/mol. The largest absolute Gasteiger partial charge is 0.366 e. The van der Waals surface area contributed by atoms with Crippen LogP contribution in [0.3, 0.4) is 0 Å². The Hall–Kier alpha value is -2.18. The Kier molecular flexibility index (Phi) is 5.02. The third kappa shape index (κ3) is 3.77. The van der Waals surface area contributed by atoms with E-state index in [9.17, 15) is 9.59 Å². The van der Waals surface area contributed by atoms with E-state index in [0.717, 1.165) is 35.1 Å². The number of fused-ring (bicyclic) bond motifs is 3. The highest BCUT2D eigenvalue weighted by Crippen LogP contribution is 2.41. The monoisotopic (exact) mass is 381 g/mol. The number of aromatic nitrogens is 1. The summed E-state index contributed by atoms with van der Waals surface area (Å²) in [5.74, 6) is 0.630.